The number of esters is 2. The summed E-state index contributed by atoms with van der Waals surface area (Å²) in [5.74, 6) is -0.448. The second-order valence-corrected chi connectivity index (χ2v) is 4.44. The molecule has 0 aromatic rings. The van der Waals surface area contributed by atoms with E-state index in [0.717, 1.165) is 38.4 Å². The van der Waals surface area contributed by atoms with E-state index in [1.807, 2.05) is 13.8 Å². The summed E-state index contributed by atoms with van der Waals surface area (Å²) >= 11 is 0. The predicted octanol–water partition coefficient (Wildman–Crippen LogP) is 4.36. The molecule has 4 heteroatoms. The highest BCUT2D eigenvalue weighted by Gasteiger charge is 2.35. The van der Waals surface area contributed by atoms with Gasteiger partial charge in [0, 0.05) is 6.92 Å². The van der Waals surface area contributed by atoms with Crippen LogP contribution in [0.25, 0.3) is 0 Å². The monoisotopic (exact) mass is 284 g/mol. The minimum atomic E-state index is -0.329. The van der Waals surface area contributed by atoms with Crippen LogP contribution in [-0.4, -0.2) is 11.9 Å². The molecule has 0 amide bonds. The lowest BCUT2D eigenvalue weighted by atomic mass is 9.78. The van der Waals surface area contributed by atoms with Crippen LogP contribution in [0.15, 0.2) is 25.7 Å². The second-order valence-electron chi connectivity index (χ2n) is 4.44. The Balaban J connectivity index is 0. The molecular weight excluding hydrogens is 256 g/mol. The summed E-state index contributed by atoms with van der Waals surface area (Å²) in [4.78, 5) is 21.5. The van der Waals surface area contributed by atoms with Gasteiger partial charge in [0.05, 0.1) is 17.9 Å². The molecule has 0 fully saturated rings. The number of hydrogen-bond donors (Lipinski definition) is 0. The van der Waals surface area contributed by atoms with E-state index in [1.54, 1.807) is 0 Å². The van der Waals surface area contributed by atoms with Gasteiger partial charge in [-0.1, -0.05) is 46.8 Å². The van der Waals surface area contributed by atoms with Crippen molar-refractivity contribution in [1.29, 1.82) is 0 Å². The molecule has 116 valence electrons. The van der Waals surface area contributed by atoms with Crippen LogP contribution in [0.1, 0.15) is 59.8 Å². The molecule has 0 N–H and O–H groups in total. The van der Waals surface area contributed by atoms with Gasteiger partial charge < -0.3 is 9.47 Å². The van der Waals surface area contributed by atoms with Gasteiger partial charge in [-0.3, -0.25) is 9.59 Å². The van der Waals surface area contributed by atoms with Crippen molar-refractivity contribution in [3.63, 3.8) is 0 Å². The van der Waals surface area contributed by atoms with Crippen molar-refractivity contribution >= 4 is 11.9 Å². The fourth-order valence-electron chi connectivity index (χ4n) is 1.83. The van der Waals surface area contributed by atoms with Gasteiger partial charge in [-0.05, 0) is 19.3 Å². The van der Waals surface area contributed by atoms with Gasteiger partial charge >= 0.3 is 11.9 Å². The maximum absolute atomic E-state index is 11.7. The summed E-state index contributed by atoms with van der Waals surface area (Å²) in [6.45, 7) is 14.1. The highest BCUT2D eigenvalue weighted by molar-refractivity contribution is 5.77. The Hall–Kier alpha value is -1.58. The zero-order valence-corrected chi connectivity index (χ0v) is 13.2. The van der Waals surface area contributed by atoms with Gasteiger partial charge in [0.1, 0.15) is 0 Å². The Morgan fingerprint density at radius 2 is 1.55 bits per heavy atom. The first-order chi connectivity index (χ1) is 9.43. The standard InChI is InChI=1S/C12H22O2.C4H6O2/c1-5-9-10-12(6-2,7-3)11(13)14-8-4;1-3-6-4(2)5/h8H,4-7,9-10H2,1-3H3;3H,1H2,2H3. The van der Waals surface area contributed by atoms with Gasteiger partial charge in [-0.2, -0.15) is 0 Å². The summed E-state index contributed by atoms with van der Waals surface area (Å²) in [5, 5.41) is 0. The molecule has 0 spiro atoms. The van der Waals surface area contributed by atoms with Crippen molar-refractivity contribution in [2.75, 3.05) is 0 Å². The maximum atomic E-state index is 11.7. The zero-order chi connectivity index (χ0) is 16.0. The Kier molecular flexibility index (Phi) is 12.9. The lowest BCUT2D eigenvalue weighted by Gasteiger charge is -2.28. The molecule has 4 nitrogen and oxygen atoms in total. The number of unbranched alkanes of at least 4 members (excludes halogenated alkanes) is 1. The van der Waals surface area contributed by atoms with E-state index in [1.165, 1.54) is 13.2 Å². The Labute approximate surface area is 122 Å². The van der Waals surface area contributed by atoms with Gasteiger partial charge in [0.15, 0.2) is 0 Å². The Morgan fingerprint density at radius 1 is 1.05 bits per heavy atom. The maximum Gasteiger partial charge on any atom is 0.316 e. The fourth-order valence-corrected chi connectivity index (χ4v) is 1.83. The molecule has 0 aliphatic carbocycles. The summed E-state index contributed by atoms with van der Waals surface area (Å²) in [6, 6.07) is 0. The SMILES string of the molecule is C=COC(=O)C(CC)(CC)CCCC.C=COC(C)=O. The first-order valence-corrected chi connectivity index (χ1v) is 7.04. The van der Waals surface area contributed by atoms with E-state index in [4.69, 9.17) is 4.74 Å². The van der Waals surface area contributed by atoms with Crippen molar-refractivity contribution < 1.29 is 19.1 Å². The molecule has 0 bridgehead atoms. The van der Waals surface area contributed by atoms with Gasteiger partial charge in [-0.15, -0.1) is 0 Å². The minimum absolute atomic E-state index is 0.119. The van der Waals surface area contributed by atoms with Crippen LogP contribution < -0.4 is 0 Å². The molecule has 0 aromatic carbocycles. The molecule has 0 rings (SSSR count). The summed E-state index contributed by atoms with van der Waals surface area (Å²) in [6.07, 6.45) is 7.13. The van der Waals surface area contributed by atoms with Crippen molar-refractivity contribution in [1.82, 2.24) is 0 Å². The Morgan fingerprint density at radius 3 is 1.80 bits per heavy atom. The quantitative estimate of drug-likeness (QED) is 0.491. The molecule has 0 atom stereocenters. The molecule has 0 radical (unpaired) electrons. The smallest absolute Gasteiger partial charge is 0.316 e. The van der Waals surface area contributed by atoms with E-state index in [2.05, 4.69) is 24.8 Å². The first kappa shape index (κ1) is 20.7. The molecule has 0 aliphatic rings. The van der Waals surface area contributed by atoms with Crippen molar-refractivity contribution in [2.45, 2.75) is 59.8 Å². The normalized spacial score (nSPS) is 9.80. The summed E-state index contributed by atoms with van der Waals surface area (Å²) in [5.41, 5.74) is -0.287. The van der Waals surface area contributed by atoms with Crippen LogP contribution in [0, 0.1) is 5.41 Å². The summed E-state index contributed by atoms with van der Waals surface area (Å²) in [7, 11) is 0. The van der Waals surface area contributed by atoms with Gasteiger partial charge in [0.2, 0.25) is 0 Å². The third kappa shape index (κ3) is 8.51. The number of carbonyl (C=O) groups is 2. The number of hydrogen-bond acceptors (Lipinski definition) is 4. The molecule has 20 heavy (non-hydrogen) atoms. The van der Waals surface area contributed by atoms with Crippen LogP contribution in [0.4, 0.5) is 0 Å². The van der Waals surface area contributed by atoms with Crippen molar-refractivity contribution in [3.8, 4) is 0 Å². The molecule has 0 saturated carbocycles. The van der Waals surface area contributed by atoms with Crippen LogP contribution in [0.2, 0.25) is 0 Å². The molecule has 0 aliphatic heterocycles. The van der Waals surface area contributed by atoms with Crippen LogP contribution in [0.3, 0.4) is 0 Å². The molecule has 0 heterocycles. The van der Waals surface area contributed by atoms with E-state index < -0.39 is 0 Å². The average Bonchev–Trinajstić information content (AvgIpc) is 2.41. The zero-order valence-electron chi connectivity index (χ0n) is 13.2. The van der Waals surface area contributed by atoms with Gasteiger partial charge in [0.25, 0.3) is 0 Å². The van der Waals surface area contributed by atoms with Crippen LogP contribution in [-0.2, 0) is 19.1 Å². The van der Waals surface area contributed by atoms with Crippen molar-refractivity contribution in [3.05, 3.63) is 25.7 Å². The number of ether oxygens (including phenoxy) is 2. The fraction of sp³-hybridized carbons (Fsp3) is 0.625. The lowest BCUT2D eigenvalue weighted by Crippen LogP contribution is -2.30. The average molecular weight is 284 g/mol. The molecular formula is C16H28O4. The molecule has 0 unspecified atom stereocenters. The lowest BCUT2D eigenvalue weighted by molar-refractivity contribution is -0.151. The van der Waals surface area contributed by atoms with E-state index in [9.17, 15) is 9.59 Å². The largest absolute Gasteiger partial charge is 0.435 e. The van der Waals surface area contributed by atoms with Crippen molar-refractivity contribution in [2.24, 2.45) is 5.41 Å². The number of rotatable bonds is 8. The highest BCUT2D eigenvalue weighted by atomic mass is 16.5. The van der Waals surface area contributed by atoms with Crippen LogP contribution >= 0.6 is 0 Å². The molecule has 0 saturated heterocycles. The van der Waals surface area contributed by atoms with Gasteiger partial charge in [-0.25, -0.2) is 0 Å². The topological polar surface area (TPSA) is 52.6 Å². The molecule has 0 aromatic heterocycles. The van der Waals surface area contributed by atoms with E-state index >= 15 is 0 Å². The highest BCUT2D eigenvalue weighted by Crippen LogP contribution is 2.34. The Bertz CT molecular complexity index is 304. The number of carbonyl (C=O) groups excluding carboxylic acids is 2. The minimum Gasteiger partial charge on any atom is -0.435 e. The third-order valence-electron chi connectivity index (χ3n) is 3.24. The van der Waals surface area contributed by atoms with E-state index in [0.29, 0.717) is 0 Å². The first-order valence-electron chi connectivity index (χ1n) is 7.04. The second kappa shape index (κ2) is 12.5. The van der Waals surface area contributed by atoms with E-state index in [-0.39, 0.29) is 17.4 Å². The summed E-state index contributed by atoms with van der Waals surface area (Å²) < 4.78 is 9.08. The predicted molar refractivity (Wildman–Crippen MR) is 80.8 cm³/mol. The third-order valence-corrected chi connectivity index (χ3v) is 3.24. The van der Waals surface area contributed by atoms with Crippen LogP contribution in [0.5, 0.6) is 0 Å².